The second-order valence-corrected chi connectivity index (χ2v) is 6.68. The van der Waals surface area contributed by atoms with Crippen molar-refractivity contribution >= 4 is 5.96 Å². The van der Waals surface area contributed by atoms with Gasteiger partial charge in [-0.3, -0.25) is 0 Å². The number of likely N-dealkylation sites (tertiary alicyclic amines) is 1. The molecule has 2 aliphatic rings. The van der Waals surface area contributed by atoms with E-state index >= 15 is 0 Å². The van der Waals surface area contributed by atoms with Crippen LogP contribution >= 0.6 is 0 Å². The van der Waals surface area contributed by atoms with Crippen molar-refractivity contribution in [1.29, 1.82) is 0 Å². The molecule has 1 N–H and O–H groups in total. The minimum atomic E-state index is -2.82. The lowest BCUT2D eigenvalue weighted by molar-refractivity contribution is -0.0504. The van der Waals surface area contributed by atoms with E-state index in [1.54, 1.807) is 18.2 Å². The zero-order valence-electron chi connectivity index (χ0n) is 14.1. The van der Waals surface area contributed by atoms with Crippen molar-refractivity contribution in [3.63, 3.8) is 0 Å². The molecule has 132 valence electrons. The molecule has 1 aromatic carbocycles. The first-order chi connectivity index (χ1) is 11.6. The van der Waals surface area contributed by atoms with Gasteiger partial charge >= 0.3 is 6.61 Å². The summed E-state index contributed by atoms with van der Waals surface area (Å²) in [7, 11) is 0. The van der Waals surface area contributed by atoms with Gasteiger partial charge in [-0.25, -0.2) is 4.99 Å². The molecule has 1 spiro atoms. The molecule has 0 aromatic heterocycles. The number of hydrogen-bond acceptors (Lipinski definition) is 2. The summed E-state index contributed by atoms with van der Waals surface area (Å²) in [6.45, 7) is 2.40. The average molecular weight is 337 g/mol. The Balaban J connectivity index is 1.70. The molecule has 1 aliphatic heterocycles. The maximum Gasteiger partial charge on any atom is 0.387 e. The van der Waals surface area contributed by atoms with E-state index in [9.17, 15) is 8.78 Å². The maximum atomic E-state index is 12.5. The molecule has 0 radical (unpaired) electrons. The van der Waals surface area contributed by atoms with Crippen LogP contribution in [0.15, 0.2) is 29.3 Å². The Morgan fingerprint density at radius 3 is 2.75 bits per heavy atom. The van der Waals surface area contributed by atoms with Crippen LogP contribution < -0.4 is 10.1 Å². The van der Waals surface area contributed by atoms with Gasteiger partial charge in [0, 0.05) is 25.2 Å². The second kappa shape index (κ2) is 7.36. The zero-order chi connectivity index (χ0) is 17.0. The smallest absolute Gasteiger partial charge is 0.387 e. The Bertz CT molecular complexity index is 587. The van der Waals surface area contributed by atoms with Crippen LogP contribution in [0.5, 0.6) is 5.75 Å². The maximum absolute atomic E-state index is 12.5. The number of nitrogens with one attached hydrogen (secondary N) is 1. The highest BCUT2D eigenvalue weighted by Gasteiger charge is 2.43. The molecule has 24 heavy (non-hydrogen) atoms. The van der Waals surface area contributed by atoms with Crippen LogP contribution in [0, 0.1) is 5.41 Å². The predicted octanol–water partition coefficient (Wildman–Crippen LogP) is 3.63. The first kappa shape index (κ1) is 17.0. The van der Waals surface area contributed by atoms with Crippen LogP contribution in [0.1, 0.15) is 38.2 Å². The van der Waals surface area contributed by atoms with Crippen molar-refractivity contribution in [3.05, 3.63) is 29.8 Å². The van der Waals surface area contributed by atoms with E-state index in [1.807, 2.05) is 13.0 Å². The molecule has 1 saturated carbocycles. The van der Waals surface area contributed by atoms with Gasteiger partial charge in [-0.05, 0) is 37.7 Å². The zero-order valence-corrected chi connectivity index (χ0v) is 14.1. The number of alkyl halides is 2. The Labute approximate surface area is 141 Å². The third kappa shape index (κ3) is 3.79. The predicted molar refractivity (Wildman–Crippen MR) is 90.4 cm³/mol. The summed E-state index contributed by atoms with van der Waals surface area (Å²) < 4.78 is 29.6. The molecule has 1 aromatic rings. The highest BCUT2D eigenvalue weighted by Crippen LogP contribution is 2.47. The van der Waals surface area contributed by atoms with Crippen molar-refractivity contribution in [2.24, 2.45) is 10.4 Å². The number of halogens is 2. The van der Waals surface area contributed by atoms with E-state index in [0.29, 0.717) is 17.5 Å². The highest BCUT2D eigenvalue weighted by molar-refractivity contribution is 5.80. The normalized spacial score (nSPS) is 19.7. The lowest BCUT2D eigenvalue weighted by Gasteiger charge is -2.38. The van der Waals surface area contributed by atoms with Crippen LogP contribution in [0.4, 0.5) is 8.78 Å². The van der Waals surface area contributed by atoms with Gasteiger partial charge in [0.2, 0.25) is 0 Å². The van der Waals surface area contributed by atoms with Crippen LogP contribution in [0.2, 0.25) is 0 Å². The summed E-state index contributed by atoms with van der Waals surface area (Å²) in [6.07, 6.45) is 5.18. The van der Waals surface area contributed by atoms with E-state index in [-0.39, 0.29) is 5.75 Å². The van der Waals surface area contributed by atoms with Crippen molar-refractivity contribution < 1.29 is 13.5 Å². The fraction of sp³-hybridized carbons (Fsp3) is 0.611. The molecule has 3 rings (SSSR count). The third-order valence-corrected chi connectivity index (χ3v) is 5.07. The monoisotopic (exact) mass is 337 g/mol. The van der Waals surface area contributed by atoms with E-state index in [4.69, 9.17) is 0 Å². The molecule has 2 fully saturated rings. The van der Waals surface area contributed by atoms with Gasteiger partial charge in [-0.2, -0.15) is 8.78 Å². The molecule has 1 saturated heterocycles. The molecule has 0 amide bonds. The summed E-state index contributed by atoms with van der Waals surface area (Å²) in [5, 5.41) is 3.33. The molecule has 0 unspecified atom stereocenters. The van der Waals surface area contributed by atoms with E-state index in [2.05, 4.69) is 19.9 Å². The Hall–Kier alpha value is -1.85. The van der Waals surface area contributed by atoms with Crippen LogP contribution in [-0.2, 0) is 6.54 Å². The SMILES string of the molecule is CCNC(=NCc1ccccc1OC(F)F)N1CCC2(CCC2)C1. The van der Waals surface area contributed by atoms with Gasteiger partial charge in [0.1, 0.15) is 5.75 Å². The van der Waals surface area contributed by atoms with Crippen molar-refractivity contribution in [1.82, 2.24) is 10.2 Å². The first-order valence-corrected chi connectivity index (χ1v) is 8.68. The molecular weight excluding hydrogens is 312 g/mol. The lowest BCUT2D eigenvalue weighted by Crippen LogP contribution is -2.42. The fourth-order valence-electron chi connectivity index (χ4n) is 3.63. The van der Waals surface area contributed by atoms with Gasteiger partial charge in [0.05, 0.1) is 6.54 Å². The average Bonchev–Trinajstić information content (AvgIpc) is 2.98. The minimum Gasteiger partial charge on any atom is -0.434 e. The second-order valence-electron chi connectivity index (χ2n) is 6.68. The Morgan fingerprint density at radius 1 is 1.33 bits per heavy atom. The summed E-state index contributed by atoms with van der Waals surface area (Å²) in [4.78, 5) is 6.97. The lowest BCUT2D eigenvalue weighted by atomic mass is 9.68. The topological polar surface area (TPSA) is 36.9 Å². The number of nitrogens with zero attached hydrogens (tertiary/aromatic N) is 2. The molecule has 1 aliphatic carbocycles. The molecule has 6 heteroatoms. The fourth-order valence-corrected chi connectivity index (χ4v) is 3.63. The van der Waals surface area contributed by atoms with Crippen molar-refractivity contribution in [2.45, 2.75) is 45.8 Å². The van der Waals surface area contributed by atoms with E-state index < -0.39 is 6.61 Å². The Kier molecular flexibility index (Phi) is 5.21. The summed E-state index contributed by atoms with van der Waals surface area (Å²) in [5.41, 5.74) is 1.16. The van der Waals surface area contributed by atoms with E-state index in [0.717, 1.165) is 25.6 Å². The standard InChI is InChI=1S/C18H25F2N3O/c1-2-21-17(23-11-10-18(13-23)8-5-9-18)22-12-14-6-3-4-7-15(14)24-16(19)20/h3-4,6-7,16H,2,5,8-13H2,1H3,(H,21,22). The number of aliphatic imine (C=N–C) groups is 1. The number of ether oxygens (including phenoxy) is 1. The van der Waals surface area contributed by atoms with Crippen molar-refractivity contribution in [3.8, 4) is 5.75 Å². The number of benzene rings is 1. The number of para-hydroxylation sites is 1. The summed E-state index contributed by atoms with van der Waals surface area (Å²) in [6, 6.07) is 6.84. The largest absolute Gasteiger partial charge is 0.434 e. The quantitative estimate of drug-likeness (QED) is 0.658. The Morgan fingerprint density at radius 2 is 2.12 bits per heavy atom. The number of rotatable bonds is 5. The minimum absolute atomic E-state index is 0.198. The summed E-state index contributed by atoms with van der Waals surface area (Å²) in [5.74, 6) is 1.07. The van der Waals surface area contributed by atoms with Gasteiger partial charge in [-0.15, -0.1) is 0 Å². The highest BCUT2D eigenvalue weighted by atomic mass is 19.3. The molecule has 0 atom stereocenters. The van der Waals surface area contributed by atoms with Gasteiger partial charge in [-0.1, -0.05) is 24.6 Å². The van der Waals surface area contributed by atoms with Gasteiger partial charge in [0.15, 0.2) is 5.96 Å². The van der Waals surface area contributed by atoms with Crippen molar-refractivity contribution in [2.75, 3.05) is 19.6 Å². The third-order valence-electron chi connectivity index (χ3n) is 5.07. The van der Waals surface area contributed by atoms with Crippen LogP contribution in [0.25, 0.3) is 0 Å². The number of hydrogen-bond donors (Lipinski definition) is 1. The van der Waals surface area contributed by atoms with E-state index in [1.165, 1.54) is 25.7 Å². The first-order valence-electron chi connectivity index (χ1n) is 8.68. The van der Waals surface area contributed by atoms with Crippen LogP contribution in [-0.4, -0.2) is 37.1 Å². The van der Waals surface area contributed by atoms with Crippen LogP contribution in [0.3, 0.4) is 0 Å². The molecule has 0 bridgehead atoms. The van der Waals surface area contributed by atoms with Gasteiger partial charge < -0.3 is 15.0 Å². The molecule has 4 nitrogen and oxygen atoms in total. The summed E-state index contributed by atoms with van der Waals surface area (Å²) >= 11 is 0. The molecular formula is C18H25F2N3O. The number of guanidine groups is 1. The molecule has 1 heterocycles. The van der Waals surface area contributed by atoms with Gasteiger partial charge in [0.25, 0.3) is 0 Å².